The number of benzene rings is 2. The highest BCUT2D eigenvalue weighted by molar-refractivity contribution is 7.13. The summed E-state index contributed by atoms with van der Waals surface area (Å²) in [5, 5.41) is 2.60. The minimum Gasteiger partial charge on any atom is -0.447 e. The van der Waals surface area contributed by atoms with Crippen LogP contribution in [0.2, 0.25) is 0 Å². The second kappa shape index (κ2) is 8.31. The number of hydrogen-bond acceptors (Lipinski definition) is 5. The lowest BCUT2D eigenvalue weighted by molar-refractivity contribution is -0.154. The Hall–Kier alpha value is -3.06. The molecule has 0 spiro atoms. The maximum Gasteiger partial charge on any atom is 0.313 e. The second-order valence-corrected chi connectivity index (χ2v) is 7.32. The summed E-state index contributed by atoms with van der Waals surface area (Å²) in [6, 6.07) is 11.2. The van der Waals surface area contributed by atoms with E-state index in [1.807, 2.05) is 26.0 Å². The Bertz CT molecular complexity index is 1010. The van der Waals surface area contributed by atoms with Crippen molar-refractivity contribution >= 4 is 23.2 Å². The summed E-state index contributed by atoms with van der Waals surface area (Å²) in [4.78, 5) is 28.4. The minimum atomic E-state index is -1.27. The zero-order chi connectivity index (χ0) is 20.3. The van der Waals surface area contributed by atoms with Crippen molar-refractivity contribution in [3.63, 3.8) is 0 Å². The van der Waals surface area contributed by atoms with E-state index in [0.29, 0.717) is 11.3 Å². The summed E-state index contributed by atoms with van der Waals surface area (Å²) in [7, 11) is 0. The van der Waals surface area contributed by atoms with E-state index in [1.54, 1.807) is 5.38 Å². The number of hydrogen-bond donors (Lipinski definition) is 1. The fraction of sp³-hybridized carbons (Fsp3) is 0.190. The highest BCUT2D eigenvalue weighted by Gasteiger charge is 2.23. The van der Waals surface area contributed by atoms with Crippen LogP contribution in [-0.2, 0) is 20.7 Å². The van der Waals surface area contributed by atoms with E-state index in [2.05, 4.69) is 11.1 Å². The molecular formula is C21H19FN2O3S. The van der Waals surface area contributed by atoms with Crippen LogP contribution in [0.3, 0.4) is 0 Å². The molecule has 0 radical (unpaired) electrons. The van der Waals surface area contributed by atoms with E-state index < -0.39 is 23.8 Å². The molecule has 3 aromatic rings. The second-order valence-electron chi connectivity index (χ2n) is 6.46. The molecule has 1 atom stereocenters. The average Bonchev–Trinajstić information content (AvgIpc) is 3.08. The van der Waals surface area contributed by atoms with Crippen molar-refractivity contribution in [2.45, 2.75) is 26.4 Å². The number of carbonyl (C=O) groups is 2. The van der Waals surface area contributed by atoms with Crippen LogP contribution in [0.15, 0.2) is 47.8 Å². The zero-order valence-corrected chi connectivity index (χ0v) is 16.3. The number of amides is 1. The van der Waals surface area contributed by atoms with Crippen molar-refractivity contribution in [1.82, 2.24) is 4.98 Å². The summed E-state index contributed by atoms with van der Waals surface area (Å²) in [6.07, 6.45) is -1.36. The lowest BCUT2D eigenvalue weighted by Gasteiger charge is -2.14. The lowest BCUT2D eigenvalue weighted by atomic mass is 10.1. The fourth-order valence-electron chi connectivity index (χ4n) is 2.81. The minimum absolute atomic E-state index is 0.0909. The maximum atomic E-state index is 13.1. The summed E-state index contributed by atoms with van der Waals surface area (Å²) >= 11 is 1.44. The topological polar surface area (TPSA) is 82.3 Å². The van der Waals surface area contributed by atoms with E-state index in [4.69, 9.17) is 10.5 Å². The van der Waals surface area contributed by atoms with Gasteiger partial charge in [-0.2, -0.15) is 0 Å². The van der Waals surface area contributed by atoms with Gasteiger partial charge in [0.05, 0.1) is 12.1 Å². The summed E-state index contributed by atoms with van der Waals surface area (Å²) in [5.74, 6) is -1.92. The molecule has 0 aliphatic heterocycles. The largest absolute Gasteiger partial charge is 0.447 e. The molecule has 0 fully saturated rings. The molecule has 5 nitrogen and oxygen atoms in total. The van der Waals surface area contributed by atoms with E-state index in [-0.39, 0.29) is 6.42 Å². The highest BCUT2D eigenvalue weighted by Crippen LogP contribution is 2.28. The number of aryl methyl sites for hydroxylation is 2. The van der Waals surface area contributed by atoms with Crippen LogP contribution in [-0.4, -0.2) is 16.9 Å². The van der Waals surface area contributed by atoms with Crippen LogP contribution in [0.5, 0.6) is 0 Å². The first kappa shape index (κ1) is 19.7. The van der Waals surface area contributed by atoms with Gasteiger partial charge in [-0.3, -0.25) is 9.59 Å². The number of nitrogens with zero attached hydrogens (tertiary/aromatic N) is 1. The number of esters is 1. The first-order valence-corrected chi connectivity index (χ1v) is 9.47. The number of ether oxygens (including phenoxy) is 1. The van der Waals surface area contributed by atoms with Gasteiger partial charge in [0.25, 0.3) is 5.91 Å². The van der Waals surface area contributed by atoms with Gasteiger partial charge in [0, 0.05) is 16.5 Å². The summed E-state index contributed by atoms with van der Waals surface area (Å²) in [5.41, 5.74) is 9.48. The van der Waals surface area contributed by atoms with Crippen LogP contribution in [0.4, 0.5) is 4.39 Å². The molecule has 2 N–H and O–H groups in total. The number of thiazole rings is 1. The van der Waals surface area contributed by atoms with Gasteiger partial charge in [-0.1, -0.05) is 35.9 Å². The molecule has 1 heterocycles. The molecule has 2 aromatic carbocycles. The van der Waals surface area contributed by atoms with Crippen LogP contribution in [0.1, 0.15) is 28.5 Å². The van der Waals surface area contributed by atoms with Crippen molar-refractivity contribution in [1.29, 1.82) is 0 Å². The Morgan fingerprint density at radius 2 is 1.89 bits per heavy atom. The van der Waals surface area contributed by atoms with Gasteiger partial charge in [0.15, 0.2) is 0 Å². The highest BCUT2D eigenvalue weighted by atomic mass is 32.1. The molecule has 0 bridgehead atoms. The molecule has 0 saturated carbocycles. The molecule has 1 amide bonds. The monoisotopic (exact) mass is 398 g/mol. The molecule has 1 unspecified atom stereocenters. The van der Waals surface area contributed by atoms with E-state index in [1.165, 1.54) is 41.2 Å². The van der Waals surface area contributed by atoms with Crippen LogP contribution < -0.4 is 5.73 Å². The average molecular weight is 398 g/mol. The molecule has 28 heavy (non-hydrogen) atoms. The zero-order valence-electron chi connectivity index (χ0n) is 15.4. The molecular weight excluding hydrogens is 379 g/mol. The first-order valence-electron chi connectivity index (χ1n) is 8.60. The van der Waals surface area contributed by atoms with Crippen LogP contribution >= 0.6 is 11.3 Å². The van der Waals surface area contributed by atoms with Gasteiger partial charge in [0.1, 0.15) is 10.8 Å². The van der Waals surface area contributed by atoms with E-state index in [9.17, 15) is 14.0 Å². The predicted molar refractivity (Wildman–Crippen MR) is 105 cm³/mol. The lowest BCUT2D eigenvalue weighted by Crippen LogP contribution is -2.26. The van der Waals surface area contributed by atoms with Gasteiger partial charge in [-0.05, 0) is 31.5 Å². The van der Waals surface area contributed by atoms with Gasteiger partial charge in [-0.15, -0.1) is 11.3 Å². The molecule has 0 aliphatic rings. The number of aromatic nitrogens is 1. The number of rotatable bonds is 6. The van der Waals surface area contributed by atoms with Crippen molar-refractivity contribution in [2.24, 2.45) is 5.73 Å². The number of primary amides is 1. The Morgan fingerprint density at radius 1 is 1.18 bits per heavy atom. The third-order valence-corrected chi connectivity index (χ3v) is 5.09. The van der Waals surface area contributed by atoms with E-state index >= 15 is 0 Å². The van der Waals surface area contributed by atoms with Crippen molar-refractivity contribution in [3.05, 3.63) is 76.0 Å². The molecule has 1 aromatic heterocycles. The van der Waals surface area contributed by atoms with Crippen molar-refractivity contribution in [3.8, 4) is 10.6 Å². The van der Waals surface area contributed by atoms with Crippen LogP contribution in [0.25, 0.3) is 10.6 Å². The number of halogens is 1. The SMILES string of the molecule is Cc1ccc(-c2nc(CC(=O)OC(C(N)=O)c3ccc(F)cc3)cs2)c(C)c1. The molecule has 3 rings (SSSR count). The maximum absolute atomic E-state index is 13.1. The smallest absolute Gasteiger partial charge is 0.313 e. The Balaban J connectivity index is 1.71. The number of carbonyl (C=O) groups excluding carboxylic acids is 2. The van der Waals surface area contributed by atoms with Crippen LogP contribution in [0, 0.1) is 19.7 Å². The van der Waals surface area contributed by atoms with Crippen molar-refractivity contribution in [2.75, 3.05) is 0 Å². The molecule has 7 heteroatoms. The third-order valence-electron chi connectivity index (χ3n) is 4.17. The first-order chi connectivity index (χ1) is 13.3. The van der Waals surface area contributed by atoms with Gasteiger partial charge < -0.3 is 10.5 Å². The normalized spacial score (nSPS) is 11.8. The summed E-state index contributed by atoms with van der Waals surface area (Å²) < 4.78 is 18.3. The molecule has 0 saturated heterocycles. The van der Waals surface area contributed by atoms with E-state index in [0.717, 1.165) is 16.1 Å². The third kappa shape index (κ3) is 4.61. The molecule has 144 valence electrons. The van der Waals surface area contributed by atoms with Crippen molar-refractivity contribution < 1.29 is 18.7 Å². The number of nitrogens with two attached hydrogens (primary N) is 1. The summed E-state index contributed by atoms with van der Waals surface area (Å²) in [6.45, 7) is 4.04. The Labute approximate surface area is 166 Å². The standard InChI is InChI=1S/C21H19FN2O3S/c1-12-3-8-17(13(2)9-12)21-24-16(11-28-21)10-18(25)27-19(20(23)26)14-4-6-15(22)7-5-14/h3-9,11,19H,10H2,1-2H3,(H2,23,26). The Morgan fingerprint density at radius 3 is 2.54 bits per heavy atom. The van der Waals surface area contributed by atoms with Gasteiger partial charge in [0.2, 0.25) is 6.10 Å². The quantitative estimate of drug-likeness (QED) is 0.639. The molecule has 0 aliphatic carbocycles. The predicted octanol–water partition coefficient (Wildman–Crippen LogP) is 3.88. The fourth-order valence-corrected chi connectivity index (χ4v) is 3.72. The Kier molecular flexibility index (Phi) is 5.84. The van der Waals surface area contributed by atoms with Gasteiger partial charge >= 0.3 is 5.97 Å². The van der Waals surface area contributed by atoms with Gasteiger partial charge in [-0.25, -0.2) is 9.37 Å².